The third-order valence-corrected chi connectivity index (χ3v) is 5.66. The summed E-state index contributed by atoms with van der Waals surface area (Å²) in [5, 5.41) is 12.6. The van der Waals surface area contributed by atoms with Crippen molar-refractivity contribution in [3.05, 3.63) is 113 Å². The Morgan fingerprint density at radius 2 is 1.60 bits per heavy atom. The molecule has 6 nitrogen and oxygen atoms in total. The first-order chi connectivity index (χ1) is 16.9. The van der Waals surface area contributed by atoms with Crippen molar-refractivity contribution < 1.29 is 19.4 Å². The number of aliphatic carboxylic acids is 1. The van der Waals surface area contributed by atoms with E-state index in [1.54, 1.807) is 18.2 Å². The largest absolute Gasteiger partial charge is 0.481 e. The van der Waals surface area contributed by atoms with Crippen molar-refractivity contribution in [2.75, 3.05) is 5.73 Å². The number of amides is 1. The van der Waals surface area contributed by atoms with Gasteiger partial charge in [-0.05, 0) is 47.5 Å². The van der Waals surface area contributed by atoms with Crippen molar-refractivity contribution in [1.82, 2.24) is 5.32 Å². The van der Waals surface area contributed by atoms with Gasteiger partial charge in [-0.2, -0.15) is 0 Å². The first-order valence-corrected chi connectivity index (χ1v) is 11.3. The summed E-state index contributed by atoms with van der Waals surface area (Å²) in [6.45, 7) is 0. The highest BCUT2D eigenvalue weighted by atomic mass is 35.5. The molecule has 0 saturated carbocycles. The van der Waals surface area contributed by atoms with Crippen molar-refractivity contribution in [1.29, 1.82) is 0 Å². The molecule has 0 aliphatic rings. The van der Waals surface area contributed by atoms with E-state index in [4.69, 9.17) is 22.1 Å². The number of para-hydroxylation sites is 2. The van der Waals surface area contributed by atoms with Crippen LogP contribution in [0.5, 0.6) is 11.5 Å². The van der Waals surface area contributed by atoms with Crippen LogP contribution >= 0.6 is 11.6 Å². The van der Waals surface area contributed by atoms with E-state index in [1.165, 1.54) is 12.1 Å². The third kappa shape index (κ3) is 5.99. The highest BCUT2D eigenvalue weighted by Crippen LogP contribution is 2.34. The van der Waals surface area contributed by atoms with Crippen LogP contribution in [0.25, 0.3) is 11.1 Å². The van der Waals surface area contributed by atoms with Crippen LogP contribution in [0.2, 0.25) is 5.02 Å². The number of carbonyl (C=O) groups excluding carboxylic acids is 1. The Kier molecular flexibility index (Phi) is 7.33. The molecule has 176 valence electrons. The van der Waals surface area contributed by atoms with E-state index in [0.717, 1.165) is 16.9 Å². The molecule has 0 aliphatic carbocycles. The van der Waals surface area contributed by atoms with Gasteiger partial charge in [0, 0.05) is 16.3 Å². The monoisotopic (exact) mass is 486 g/mol. The molecule has 0 saturated heterocycles. The van der Waals surface area contributed by atoms with Crippen molar-refractivity contribution in [3.63, 3.8) is 0 Å². The minimum atomic E-state index is -1.04. The predicted octanol–water partition coefficient (Wildman–Crippen LogP) is 6.33. The maximum atomic E-state index is 12.8. The van der Waals surface area contributed by atoms with Gasteiger partial charge in [-0.15, -0.1) is 0 Å². The average Bonchev–Trinajstić information content (AvgIpc) is 2.86. The van der Waals surface area contributed by atoms with Gasteiger partial charge < -0.3 is 20.9 Å². The van der Waals surface area contributed by atoms with Gasteiger partial charge >= 0.3 is 5.97 Å². The fraction of sp³-hybridized carbons (Fsp3) is 0.0714. The summed E-state index contributed by atoms with van der Waals surface area (Å²) in [4.78, 5) is 24.3. The number of carboxylic acids is 1. The molecular weight excluding hydrogens is 464 g/mol. The highest BCUT2D eigenvalue weighted by Gasteiger charge is 2.21. The van der Waals surface area contributed by atoms with Crippen molar-refractivity contribution >= 4 is 29.2 Å². The van der Waals surface area contributed by atoms with E-state index in [-0.39, 0.29) is 17.7 Å². The van der Waals surface area contributed by atoms with E-state index < -0.39 is 17.9 Å². The van der Waals surface area contributed by atoms with Gasteiger partial charge in [0.25, 0.3) is 5.91 Å². The van der Waals surface area contributed by atoms with Gasteiger partial charge in [0.15, 0.2) is 0 Å². The summed E-state index contributed by atoms with van der Waals surface area (Å²) in [6.07, 6.45) is -0.292. The quantitative estimate of drug-likeness (QED) is 0.253. The molecule has 0 fully saturated rings. The standard InChI is InChI=1S/C28H23ClN2O4/c29-20-14-15-24(30)23(16-20)28(34)31-25(17-27(32)33)19-12-10-18(11-13-19)22-8-4-5-9-26(22)35-21-6-2-1-3-7-21/h1-16,25H,17,30H2,(H,31,34)(H,32,33). The van der Waals surface area contributed by atoms with Crippen LogP contribution in [0.3, 0.4) is 0 Å². The number of halogens is 1. The van der Waals surface area contributed by atoms with Gasteiger partial charge in [-0.3, -0.25) is 9.59 Å². The summed E-state index contributed by atoms with van der Waals surface area (Å²) < 4.78 is 6.06. The molecule has 7 heteroatoms. The van der Waals surface area contributed by atoms with E-state index in [2.05, 4.69) is 5.32 Å². The lowest BCUT2D eigenvalue weighted by Gasteiger charge is -2.19. The lowest BCUT2D eigenvalue weighted by atomic mass is 9.98. The Balaban J connectivity index is 1.59. The van der Waals surface area contributed by atoms with E-state index in [1.807, 2.05) is 66.7 Å². The van der Waals surface area contributed by atoms with E-state index in [0.29, 0.717) is 16.3 Å². The number of hydrogen-bond acceptors (Lipinski definition) is 4. The number of nitrogens with one attached hydrogen (secondary N) is 1. The predicted molar refractivity (Wildman–Crippen MR) is 137 cm³/mol. The Labute approximate surface area is 207 Å². The van der Waals surface area contributed by atoms with Gasteiger partial charge in [-0.1, -0.05) is 72.3 Å². The second kappa shape index (κ2) is 10.8. The number of carboxylic acid groups (broad SMARTS) is 1. The summed E-state index contributed by atoms with van der Waals surface area (Å²) in [5.74, 6) is -0.124. The number of rotatable bonds is 8. The lowest BCUT2D eigenvalue weighted by molar-refractivity contribution is -0.137. The van der Waals surface area contributed by atoms with Crippen molar-refractivity contribution in [2.45, 2.75) is 12.5 Å². The van der Waals surface area contributed by atoms with Gasteiger partial charge in [0.2, 0.25) is 0 Å². The molecule has 0 radical (unpaired) electrons. The molecule has 4 aromatic rings. The first-order valence-electron chi connectivity index (χ1n) is 10.9. The summed E-state index contributed by atoms with van der Waals surface area (Å²) in [6, 6.07) is 28.3. The number of anilines is 1. The summed E-state index contributed by atoms with van der Waals surface area (Å²) in [7, 11) is 0. The fourth-order valence-electron chi connectivity index (χ4n) is 3.69. The minimum Gasteiger partial charge on any atom is -0.481 e. The van der Waals surface area contributed by atoms with Crippen LogP contribution < -0.4 is 15.8 Å². The number of carbonyl (C=O) groups is 2. The number of benzene rings is 4. The van der Waals surface area contributed by atoms with Crippen LogP contribution in [-0.4, -0.2) is 17.0 Å². The smallest absolute Gasteiger partial charge is 0.305 e. The van der Waals surface area contributed by atoms with E-state index in [9.17, 15) is 14.7 Å². The first kappa shape index (κ1) is 23.9. The topological polar surface area (TPSA) is 102 Å². The summed E-state index contributed by atoms with van der Waals surface area (Å²) in [5.41, 5.74) is 8.78. The van der Waals surface area contributed by atoms with Crippen LogP contribution in [0.15, 0.2) is 97.1 Å². The van der Waals surface area contributed by atoms with Gasteiger partial charge in [-0.25, -0.2) is 0 Å². The maximum absolute atomic E-state index is 12.8. The lowest BCUT2D eigenvalue weighted by Crippen LogP contribution is -2.30. The molecule has 0 heterocycles. The zero-order chi connectivity index (χ0) is 24.8. The number of nitrogen functional groups attached to an aromatic ring is 1. The number of nitrogens with two attached hydrogens (primary N) is 1. The highest BCUT2D eigenvalue weighted by molar-refractivity contribution is 6.31. The number of hydrogen-bond donors (Lipinski definition) is 3. The van der Waals surface area contributed by atoms with Gasteiger partial charge in [0.05, 0.1) is 18.0 Å². The maximum Gasteiger partial charge on any atom is 0.305 e. The second-order valence-corrected chi connectivity index (χ2v) is 8.33. The summed E-state index contributed by atoms with van der Waals surface area (Å²) >= 11 is 6.00. The molecule has 0 bridgehead atoms. The third-order valence-electron chi connectivity index (χ3n) is 5.43. The average molecular weight is 487 g/mol. The zero-order valence-corrected chi connectivity index (χ0v) is 19.4. The van der Waals surface area contributed by atoms with Crippen molar-refractivity contribution in [3.8, 4) is 22.6 Å². The second-order valence-electron chi connectivity index (χ2n) is 7.89. The van der Waals surface area contributed by atoms with Crippen LogP contribution in [0, 0.1) is 0 Å². The Hall–Kier alpha value is -4.29. The number of ether oxygens (including phenoxy) is 1. The van der Waals surface area contributed by atoms with Crippen LogP contribution in [0.4, 0.5) is 5.69 Å². The minimum absolute atomic E-state index is 0.191. The Morgan fingerprint density at radius 3 is 2.31 bits per heavy atom. The zero-order valence-electron chi connectivity index (χ0n) is 18.6. The Bertz CT molecular complexity index is 1340. The molecule has 4 aromatic carbocycles. The van der Waals surface area contributed by atoms with Crippen molar-refractivity contribution in [2.24, 2.45) is 0 Å². The molecule has 1 amide bonds. The van der Waals surface area contributed by atoms with Crippen LogP contribution in [-0.2, 0) is 4.79 Å². The molecule has 35 heavy (non-hydrogen) atoms. The molecule has 0 aliphatic heterocycles. The molecule has 1 atom stereocenters. The normalized spacial score (nSPS) is 11.5. The molecular formula is C28H23ClN2O4. The fourth-order valence-corrected chi connectivity index (χ4v) is 3.86. The Morgan fingerprint density at radius 1 is 0.914 bits per heavy atom. The SMILES string of the molecule is Nc1ccc(Cl)cc1C(=O)NC(CC(=O)O)c1ccc(-c2ccccc2Oc2ccccc2)cc1. The molecule has 0 spiro atoms. The molecule has 4 N–H and O–H groups in total. The molecule has 1 unspecified atom stereocenters. The van der Waals surface area contributed by atoms with Gasteiger partial charge in [0.1, 0.15) is 11.5 Å². The van der Waals surface area contributed by atoms with E-state index >= 15 is 0 Å². The molecule has 0 aromatic heterocycles. The molecule has 4 rings (SSSR count). The van der Waals surface area contributed by atoms with Crippen LogP contribution in [0.1, 0.15) is 28.4 Å².